The Morgan fingerprint density at radius 2 is 1.53 bits per heavy atom. The molecule has 0 aliphatic carbocycles. The van der Waals surface area contributed by atoms with Crippen molar-refractivity contribution < 1.29 is 9.84 Å². The van der Waals surface area contributed by atoms with Crippen molar-refractivity contribution in [3.05, 3.63) is 65.2 Å². The number of aliphatic hydroxyl groups is 1. The lowest BCUT2D eigenvalue weighted by Gasteiger charge is -2.21. The summed E-state index contributed by atoms with van der Waals surface area (Å²) in [6, 6.07) is 15.7. The smallest absolute Gasteiger partial charge is 0.126 e. The van der Waals surface area contributed by atoms with Crippen LogP contribution in [0.15, 0.2) is 48.5 Å². The van der Waals surface area contributed by atoms with Gasteiger partial charge in [-0.3, -0.25) is 0 Å². The van der Waals surface area contributed by atoms with Crippen molar-refractivity contribution in [1.82, 2.24) is 0 Å². The number of benzene rings is 2. The maximum atomic E-state index is 10.3. The minimum absolute atomic E-state index is 0.288. The van der Waals surface area contributed by atoms with E-state index in [0.717, 1.165) is 22.4 Å². The summed E-state index contributed by atoms with van der Waals surface area (Å²) in [5, 5.41) is 10.3. The largest absolute Gasteiger partial charge is 0.488 e. The topological polar surface area (TPSA) is 29.5 Å². The van der Waals surface area contributed by atoms with E-state index < -0.39 is 6.10 Å². The van der Waals surface area contributed by atoms with E-state index in [4.69, 9.17) is 4.74 Å². The molecule has 2 aromatic carbocycles. The summed E-state index contributed by atoms with van der Waals surface area (Å²) in [6.07, 6.45) is -0.911. The number of aryl methyl sites for hydroxylation is 2. The quantitative estimate of drug-likeness (QED) is 0.901. The lowest BCUT2D eigenvalue weighted by Crippen LogP contribution is -2.21. The second-order valence-corrected chi connectivity index (χ2v) is 5.00. The van der Waals surface area contributed by atoms with E-state index in [1.165, 1.54) is 0 Å². The first-order valence-electron chi connectivity index (χ1n) is 6.54. The highest BCUT2D eigenvalue weighted by Gasteiger charge is 2.17. The van der Waals surface area contributed by atoms with Crippen LogP contribution in [0.5, 0.6) is 5.75 Å². The van der Waals surface area contributed by atoms with Crippen LogP contribution >= 0.6 is 0 Å². The predicted molar refractivity (Wildman–Crippen MR) is 77.4 cm³/mol. The fourth-order valence-electron chi connectivity index (χ4n) is 2.20. The Morgan fingerprint density at radius 1 is 0.947 bits per heavy atom. The molecule has 0 heterocycles. The Morgan fingerprint density at radius 3 is 2.11 bits per heavy atom. The highest BCUT2D eigenvalue weighted by atomic mass is 16.5. The lowest BCUT2D eigenvalue weighted by atomic mass is 10.1. The normalized spacial score (nSPS) is 13.9. The molecule has 2 aromatic rings. The molecule has 2 heteroatoms. The number of rotatable bonds is 4. The minimum Gasteiger partial charge on any atom is -0.488 e. The van der Waals surface area contributed by atoms with Crippen LogP contribution in [-0.4, -0.2) is 11.2 Å². The van der Waals surface area contributed by atoms with Gasteiger partial charge in [-0.25, -0.2) is 0 Å². The molecule has 0 saturated heterocycles. The van der Waals surface area contributed by atoms with Crippen molar-refractivity contribution in [2.75, 3.05) is 0 Å². The lowest BCUT2D eigenvalue weighted by molar-refractivity contribution is 0.0467. The molecule has 0 amide bonds. The fraction of sp³-hybridized carbons (Fsp3) is 0.294. The Bertz CT molecular complexity index is 514. The predicted octanol–water partition coefficient (Wildman–Crippen LogP) is 3.80. The monoisotopic (exact) mass is 256 g/mol. The minimum atomic E-state index is -0.623. The standard InChI is InChI=1S/C17H20O2/c1-12-9-13(2)11-16(10-12)19-14(3)17(18)15-7-5-4-6-8-15/h4-11,14,17-18H,1-3H3. The molecule has 0 aliphatic rings. The van der Waals surface area contributed by atoms with Crippen molar-refractivity contribution >= 4 is 0 Å². The molecule has 100 valence electrons. The Hall–Kier alpha value is -1.80. The van der Waals surface area contributed by atoms with E-state index in [0.29, 0.717) is 0 Å². The first kappa shape index (κ1) is 13.6. The first-order chi connectivity index (χ1) is 9.06. The van der Waals surface area contributed by atoms with Crippen LogP contribution in [0.4, 0.5) is 0 Å². The van der Waals surface area contributed by atoms with Gasteiger partial charge in [0.1, 0.15) is 18.0 Å². The average molecular weight is 256 g/mol. The van der Waals surface area contributed by atoms with Crippen molar-refractivity contribution in [2.24, 2.45) is 0 Å². The molecule has 0 aliphatic heterocycles. The van der Waals surface area contributed by atoms with Gasteiger partial charge in [-0.1, -0.05) is 36.4 Å². The Balaban J connectivity index is 2.10. The third kappa shape index (κ3) is 3.58. The summed E-state index contributed by atoms with van der Waals surface area (Å²) in [7, 11) is 0. The van der Waals surface area contributed by atoms with E-state index in [1.807, 2.05) is 63.2 Å². The summed E-state index contributed by atoms with van der Waals surface area (Å²) in [6.45, 7) is 5.96. The Kier molecular flexibility index (Phi) is 4.23. The van der Waals surface area contributed by atoms with Gasteiger partial charge >= 0.3 is 0 Å². The average Bonchev–Trinajstić information content (AvgIpc) is 2.37. The summed E-state index contributed by atoms with van der Waals surface area (Å²) in [4.78, 5) is 0. The molecule has 0 radical (unpaired) electrons. The van der Waals surface area contributed by atoms with Crippen LogP contribution in [0, 0.1) is 13.8 Å². The summed E-state index contributed by atoms with van der Waals surface area (Å²) >= 11 is 0. The zero-order chi connectivity index (χ0) is 13.8. The fourth-order valence-corrected chi connectivity index (χ4v) is 2.20. The van der Waals surface area contributed by atoms with Crippen molar-refractivity contribution in [3.8, 4) is 5.75 Å². The van der Waals surface area contributed by atoms with Crippen molar-refractivity contribution in [2.45, 2.75) is 33.0 Å². The van der Waals surface area contributed by atoms with E-state index in [9.17, 15) is 5.11 Å². The number of hydrogen-bond donors (Lipinski definition) is 1. The molecule has 0 fully saturated rings. The molecule has 0 spiro atoms. The second-order valence-electron chi connectivity index (χ2n) is 5.00. The van der Waals surface area contributed by atoms with Gasteiger partial charge in [-0.2, -0.15) is 0 Å². The maximum Gasteiger partial charge on any atom is 0.126 e. The summed E-state index contributed by atoms with van der Waals surface area (Å²) in [5.41, 5.74) is 3.20. The highest BCUT2D eigenvalue weighted by Crippen LogP contribution is 2.23. The molecular formula is C17H20O2. The molecule has 2 atom stereocenters. The van der Waals surface area contributed by atoms with Crippen LogP contribution in [0.25, 0.3) is 0 Å². The van der Waals surface area contributed by atoms with E-state index in [1.54, 1.807) is 0 Å². The molecule has 2 rings (SSSR count). The van der Waals surface area contributed by atoms with Crippen LogP contribution in [0.3, 0.4) is 0 Å². The maximum absolute atomic E-state index is 10.3. The van der Waals surface area contributed by atoms with Gasteiger partial charge in [0, 0.05) is 0 Å². The van der Waals surface area contributed by atoms with Gasteiger partial charge in [0.05, 0.1) is 0 Å². The third-order valence-electron chi connectivity index (χ3n) is 3.10. The highest BCUT2D eigenvalue weighted by molar-refractivity contribution is 5.33. The molecule has 0 aromatic heterocycles. The Labute approximate surface area is 114 Å². The van der Waals surface area contributed by atoms with E-state index in [2.05, 4.69) is 6.07 Å². The van der Waals surface area contributed by atoms with Gasteiger partial charge in [-0.15, -0.1) is 0 Å². The van der Waals surface area contributed by atoms with Crippen molar-refractivity contribution in [3.63, 3.8) is 0 Å². The van der Waals surface area contributed by atoms with Gasteiger partial charge in [-0.05, 0) is 49.6 Å². The number of hydrogen-bond acceptors (Lipinski definition) is 2. The van der Waals surface area contributed by atoms with Crippen LogP contribution in [-0.2, 0) is 0 Å². The van der Waals surface area contributed by atoms with Gasteiger partial charge in [0.25, 0.3) is 0 Å². The molecule has 2 unspecified atom stereocenters. The van der Waals surface area contributed by atoms with Gasteiger partial charge in [0.2, 0.25) is 0 Å². The molecule has 0 bridgehead atoms. The van der Waals surface area contributed by atoms with Crippen LogP contribution in [0.2, 0.25) is 0 Å². The van der Waals surface area contributed by atoms with E-state index >= 15 is 0 Å². The summed E-state index contributed by atoms with van der Waals surface area (Å²) in [5.74, 6) is 0.806. The molecule has 0 saturated carbocycles. The zero-order valence-corrected chi connectivity index (χ0v) is 11.6. The van der Waals surface area contributed by atoms with Gasteiger partial charge in [0.15, 0.2) is 0 Å². The van der Waals surface area contributed by atoms with Crippen LogP contribution in [0.1, 0.15) is 29.7 Å². The zero-order valence-electron chi connectivity index (χ0n) is 11.6. The number of aliphatic hydroxyl groups excluding tert-OH is 1. The third-order valence-corrected chi connectivity index (χ3v) is 3.10. The second kappa shape index (κ2) is 5.89. The molecule has 2 nitrogen and oxygen atoms in total. The number of ether oxygens (including phenoxy) is 1. The van der Waals surface area contributed by atoms with Gasteiger partial charge < -0.3 is 9.84 Å². The summed E-state index contributed by atoms with van der Waals surface area (Å²) < 4.78 is 5.84. The van der Waals surface area contributed by atoms with E-state index in [-0.39, 0.29) is 6.10 Å². The first-order valence-corrected chi connectivity index (χ1v) is 6.54. The molecule has 1 N–H and O–H groups in total. The SMILES string of the molecule is Cc1cc(C)cc(OC(C)C(O)c2ccccc2)c1. The van der Waals surface area contributed by atoms with Crippen LogP contribution < -0.4 is 4.74 Å². The molecule has 19 heavy (non-hydrogen) atoms. The molecular weight excluding hydrogens is 236 g/mol. The van der Waals surface area contributed by atoms with Crippen molar-refractivity contribution in [1.29, 1.82) is 0 Å².